The van der Waals surface area contributed by atoms with Crippen LogP contribution in [0.1, 0.15) is 45.2 Å². The van der Waals surface area contributed by atoms with Gasteiger partial charge in [-0.1, -0.05) is 70.7 Å². The molecule has 6 rings (SSSR count). The molecule has 370 valence electrons. The van der Waals surface area contributed by atoms with Gasteiger partial charge < -0.3 is 39.4 Å². The summed E-state index contributed by atoms with van der Waals surface area (Å²) in [5.41, 5.74) is 5.59. The molecular weight excluding hydrogens is 1000 g/mol. The summed E-state index contributed by atoms with van der Waals surface area (Å²) in [6, 6.07) is 20.9. The van der Waals surface area contributed by atoms with Crippen LogP contribution in [0.2, 0.25) is 20.1 Å². The Balaban J connectivity index is 0.764. The lowest BCUT2D eigenvalue weighted by Crippen LogP contribution is -2.42. The zero-order valence-electron chi connectivity index (χ0n) is 37.7. The molecule has 2 atom stereocenters. The minimum absolute atomic E-state index is 0.0456. The number of nitrogens with one attached hydrogen (secondary N) is 4. The maximum atomic E-state index is 13.1. The molecule has 0 aromatic heterocycles. The normalized spacial score (nSPS) is 16.6. The highest BCUT2D eigenvalue weighted by Crippen LogP contribution is 2.40. The van der Waals surface area contributed by atoms with Crippen molar-refractivity contribution in [3.8, 4) is 0 Å². The lowest BCUT2D eigenvalue weighted by Gasteiger charge is -2.33. The Labute approximate surface area is 418 Å². The highest BCUT2D eigenvalue weighted by atomic mass is 35.5. The number of likely N-dealkylation sites (N-methyl/N-ethyl adjacent to an activating group) is 2. The van der Waals surface area contributed by atoms with Crippen LogP contribution in [-0.4, -0.2) is 145 Å². The summed E-state index contributed by atoms with van der Waals surface area (Å²) >= 11 is 25.7. The van der Waals surface area contributed by atoms with Gasteiger partial charge in [-0.2, -0.15) is 0 Å². The fourth-order valence-corrected chi connectivity index (χ4v) is 11.3. The van der Waals surface area contributed by atoms with Crippen LogP contribution in [-0.2, 0) is 61.7 Å². The molecule has 0 bridgehead atoms. The molecule has 0 fully saturated rings. The van der Waals surface area contributed by atoms with Crippen molar-refractivity contribution in [1.29, 1.82) is 0 Å². The van der Waals surface area contributed by atoms with E-state index in [1.54, 1.807) is 48.5 Å². The number of ether oxygens (including phenoxy) is 4. The maximum Gasteiger partial charge on any atom is 0.309 e. The third-order valence-corrected chi connectivity index (χ3v) is 15.2. The molecule has 0 saturated carbocycles. The van der Waals surface area contributed by atoms with Gasteiger partial charge in [0.25, 0.3) is 0 Å². The number of amides is 2. The summed E-state index contributed by atoms with van der Waals surface area (Å²) < 4.78 is 79.5. The van der Waals surface area contributed by atoms with Crippen molar-refractivity contribution in [3.63, 3.8) is 0 Å². The Morgan fingerprint density at radius 1 is 0.544 bits per heavy atom. The molecule has 2 amide bonds. The molecule has 4 N–H and O–H groups in total. The molecule has 4 aromatic carbocycles. The molecule has 2 unspecified atom stereocenters. The molecule has 0 saturated heterocycles. The highest BCUT2D eigenvalue weighted by Gasteiger charge is 2.30. The van der Waals surface area contributed by atoms with E-state index in [2.05, 4.69) is 29.9 Å². The first-order chi connectivity index (χ1) is 32.5. The number of carbonyl (C=O) groups is 2. The molecule has 0 aliphatic carbocycles. The van der Waals surface area contributed by atoms with Crippen molar-refractivity contribution in [2.24, 2.45) is 0 Å². The molecule has 2 aliphatic rings. The van der Waals surface area contributed by atoms with Crippen LogP contribution in [0.15, 0.2) is 82.6 Å². The van der Waals surface area contributed by atoms with E-state index in [-0.39, 0.29) is 101 Å². The van der Waals surface area contributed by atoms with Crippen molar-refractivity contribution >= 4 is 78.3 Å². The molecule has 4 aromatic rings. The van der Waals surface area contributed by atoms with Crippen LogP contribution in [0.25, 0.3) is 0 Å². The van der Waals surface area contributed by atoms with Crippen molar-refractivity contribution in [2.45, 2.75) is 34.7 Å². The third-order valence-electron chi connectivity index (χ3n) is 11.2. The van der Waals surface area contributed by atoms with Gasteiger partial charge in [-0.3, -0.25) is 9.59 Å². The summed E-state index contributed by atoms with van der Waals surface area (Å²) in [5, 5.41) is 7.16. The van der Waals surface area contributed by atoms with E-state index in [0.29, 0.717) is 46.3 Å². The number of fused-ring (bicyclic) bond motifs is 2. The third kappa shape index (κ3) is 15.3. The average molecular weight is 1060 g/mol. The lowest BCUT2D eigenvalue weighted by atomic mass is 9.85. The van der Waals surface area contributed by atoms with Crippen LogP contribution < -0.4 is 20.1 Å². The molecule has 0 radical (unpaired) electrons. The predicted octanol–water partition coefficient (Wildman–Crippen LogP) is 5.01. The number of carbonyl (C=O) groups excluding carboxylic acids is 2. The molecule has 22 heteroatoms. The van der Waals surface area contributed by atoms with E-state index in [1.165, 1.54) is 0 Å². The smallest absolute Gasteiger partial charge is 0.309 e. The Morgan fingerprint density at radius 2 is 0.912 bits per heavy atom. The first-order valence-corrected chi connectivity index (χ1v) is 26.4. The van der Waals surface area contributed by atoms with Gasteiger partial charge in [-0.25, -0.2) is 26.3 Å². The number of sulfonamides is 2. The van der Waals surface area contributed by atoms with Crippen molar-refractivity contribution in [3.05, 3.63) is 126 Å². The molecule has 68 heavy (non-hydrogen) atoms. The number of hydrogen-bond donors (Lipinski definition) is 4. The highest BCUT2D eigenvalue weighted by molar-refractivity contribution is 7.89. The van der Waals surface area contributed by atoms with Gasteiger partial charge in [0.15, 0.2) is 0 Å². The van der Waals surface area contributed by atoms with Gasteiger partial charge in [0, 0.05) is 84.3 Å². The second-order valence-electron chi connectivity index (χ2n) is 16.3. The van der Waals surface area contributed by atoms with E-state index in [4.69, 9.17) is 65.4 Å². The fraction of sp³-hybridized carbons (Fsp3) is 0.435. The zero-order chi connectivity index (χ0) is 48.8. The first-order valence-electron chi connectivity index (χ1n) is 21.9. The number of halogens is 4. The van der Waals surface area contributed by atoms with Gasteiger partial charge in [-0.05, 0) is 96.0 Å². The number of nitrogens with zero attached hydrogens (tertiary/aromatic N) is 2. The molecule has 16 nitrogen and oxygen atoms in total. The van der Waals surface area contributed by atoms with Crippen LogP contribution in [0.3, 0.4) is 0 Å². The number of rotatable bonds is 24. The van der Waals surface area contributed by atoms with E-state index >= 15 is 0 Å². The minimum Gasteiger partial charge on any atom is -0.378 e. The maximum absolute atomic E-state index is 13.1. The largest absolute Gasteiger partial charge is 0.378 e. The topological polar surface area (TPSA) is 194 Å². The molecule has 2 heterocycles. The molecule has 0 spiro atoms. The monoisotopic (exact) mass is 1060 g/mol. The summed E-state index contributed by atoms with van der Waals surface area (Å²) in [5.74, 6) is -1.87. The summed E-state index contributed by atoms with van der Waals surface area (Å²) in [6.07, 6.45) is 0. The molecule has 2 aliphatic heterocycles. The summed E-state index contributed by atoms with van der Waals surface area (Å²) in [7, 11) is -3.66. The van der Waals surface area contributed by atoms with Gasteiger partial charge >= 0.3 is 11.8 Å². The average Bonchev–Trinajstić information content (AvgIpc) is 3.30. The Kier molecular flexibility index (Phi) is 20.3. The Bertz CT molecular complexity index is 2440. The summed E-state index contributed by atoms with van der Waals surface area (Å²) in [6.45, 7) is 4.19. The fourth-order valence-electron chi connectivity index (χ4n) is 8.00. The Hall–Kier alpha value is -3.44. The van der Waals surface area contributed by atoms with Gasteiger partial charge in [-0.15, -0.1) is 0 Å². The van der Waals surface area contributed by atoms with E-state index in [9.17, 15) is 26.4 Å². The van der Waals surface area contributed by atoms with Crippen LogP contribution in [0.5, 0.6) is 0 Å². The van der Waals surface area contributed by atoms with Gasteiger partial charge in [0.2, 0.25) is 20.0 Å². The first kappa shape index (κ1) is 53.9. The molecular formula is C46H56Cl4N6O10S2. The second-order valence-corrected chi connectivity index (χ2v) is 21.5. The van der Waals surface area contributed by atoms with E-state index in [0.717, 1.165) is 33.4 Å². The quantitative estimate of drug-likeness (QED) is 0.0543. The minimum atomic E-state index is -3.82. The van der Waals surface area contributed by atoms with Crippen molar-refractivity contribution in [2.75, 3.05) is 106 Å². The lowest BCUT2D eigenvalue weighted by molar-refractivity contribution is -0.139. The van der Waals surface area contributed by atoms with Crippen molar-refractivity contribution in [1.82, 2.24) is 29.9 Å². The standard InChI is InChI=1S/C46H56Cl4N6O10S2/c1-55-27-39(37-23-33(47)25-43(49)41(37)29-55)31-5-3-7-35(21-31)67(59,60)53-11-15-65-19-17-63-13-9-51-45(57)46(58)52-10-14-64-18-20-66-16-12-54-68(61,62)36-8-4-6-32(22-36)40-28-56(2)30-42-38(40)24-34(48)26-44(42)50/h3-8,21-26,39-40,53-54H,9-20,27-30H2,1-2H3,(H,51,57)(H,52,58). The summed E-state index contributed by atoms with van der Waals surface area (Å²) in [4.78, 5) is 28.8. The number of benzene rings is 4. The Morgan fingerprint density at radius 3 is 1.29 bits per heavy atom. The number of hydrogen-bond acceptors (Lipinski definition) is 12. The van der Waals surface area contributed by atoms with Crippen molar-refractivity contribution < 1.29 is 45.4 Å². The van der Waals surface area contributed by atoms with E-state index in [1.807, 2.05) is 38.4 Å². The van der Waals surface area contributed by atoms with Gasteiger partial charge in [0.05, 0.1) is 62.6 Å². The zero-order valence-corrected chi connectivity index (χ0v) is 42.4. The van der Waals surface area contributed by atoms with Gasteiger partial charge in [0.1, 0.15) is 0 Å². The second kappa shape index (κ2) is 25.6. The van der Waals surface area contributed by atoms with Crippen LogP contribution in [0, 0.1) is 0 Å². The SMILES string of the molecule is CN1Cc2c(Cl)cc(Cl)cc2C(c2cccc(S(=O)(=O)NCCOCCOCCNC(=O)C(=O)NCCOCCOCCNS(=O)(=O)c3cccc(C4CN(C)Cc5c(Cl)cc(Cl)cc54)c3)c2)C1. The van der Waals surface area contributed by atoms with Crippen LogP contribution in [0.4, 0.5) is 0 Å². The van der Waals surface area contributed by atoms with Crippen LogP contribution >= 0.6 is 46.4 Å². The van der Waals surface area contributed by atoms with E-state index < -0.39 is 31.9 Å². The predicted molar refractivity (Wildman–Crippen MR) is 262 cm³/mol.